The number of halogens is 1. The van der Waals surface area contributed by atoms with Crippen LogP contribution in [0.2, 0.25) is 0 Å². The van der Waals surface area contributed by atoms with Gasteiger partial charge in [-0.05, 0) is 37.1 Å². The van der Waals surface area contributed by atoms with E-state index in [0.29, 0.717) is 6.54 Å². The lowest BCUT2D eigenvalue weighted by atomic mass is 10.1. The Kier molecular flexibility index (Phi) is 10.6. The van der Waals surface area contributed by atoms with Gasteiger partial charge in [-0.1, -0.05) is 55.8 Å². The van der Waals surface area contributed by atoms with E-state index in [0.717, 1.165) is 30.3 Å². The van der Waals surface area contributed by atoms with Crippen molar-refractivity contribution in [2.45, 2.75) is 40.8 Å². The van der Waals surface area contributed by atoms with Gasteiger partial charge in [-0.15, -0.1) is 24.0 Å². The summed E-state index contributed by atoms with van der Waals surface area (Å²) in [5.74, 6) is 0.780. The third kappa shape index (κ3) is 8.29. The first kappa shape index (κ1) is 23.9. The summed E-state index contributed by atoms with van der Waals surface area (Å²) in [5.41, 5.74) is 4.37. The number of amides is 1. The van der Waals surface area contributed by atoms with Crippen LogP contribution in [0.3, 0.4) is 0 Å². The predicted octanol–water partition coefficient (Wildman–Crippen LogP) is 4.46. The van der Waals surface area contributed by atoms with Crippen molar-refractivity contribution in [2.75, 3.05) is 11.9 Å². The number of carbonyl (C=O) groups is 1. The van der Waals surface area contributed by atoms with E-state index in [-0.39, 0.29) is 35.8 Å². The normalized spacial score (nSPS) is 11.0. The minimum Gasteiger partial charge on any atom is -0.357 e. The molecule has 0 atom stereocenters. The van der Waals surface area contributed by atoms with Gasteiger partial charge in [0.2, 0.25) is 5.91 Å². The predicted molar refractivity (Wildman–Crippen MR) is 128 cm³/mol. The number of guanidine groups is 1. The zero-order valence-electron chi connectivity index (χ0n) is 17.1. The van der Waals surface area contributed by atoms with E-state index in [1.54, 1.807) is 0 Å². The van der Waals surface area contributed by atoms with Crippen LogP contribution in [0.25, 0.3) is 0 Å². The van der Waals surface area contributed by atoms with Crippen LogP contribution in [-0.2, 0) is 17.9 Å². The molecule has 5 nitrogen and oxygen atoms in total. The van der Waals surface area contributed by atoms with Crippen LogP contribution in [-0.4, -0.2) is 18.4 Å². The Balaban J connectivity index is 0.00000392. The topological polar surface area (TPSA) is 65.5 Å². The molecule has 0 aliphatic carbocycles. The maximum Gasteiger partial charge on any atom is 0.226 e. The summed E-state index contributed by atoms with van der Waals surface area (Å²) >= 11 is 0. The van der Waals surface area contributed by atoms with E-state index >= 15 is 0 Å². The van der Waals surface area contributed by atoms with Crippen LogP contribution in [0.5, 0.6) is 0 Å². The number of aryl methyl sites for hydroxylation is 1. The standard InChI is InChI=1S/C22H30N4O.HI/c1-5-23-22(24-14-18-8-6-17(4)7-9-18)25-15-19-10-12-20(13-11-19)26-21(27)16(2)3;/h6-13,16H,5,14-15H2,1-4H3,(H,26,27)(H2,23,24,25);1H. The lowest BCUT2D eigenvalue weighted by molar-refractivity contribution is -0.118. The number of anilines is 1. The molecule has 0 fully saturated rings. The van der Waals surface area contributed by atoms with Gasteiger partial charge >= 0.3 is 0 Å². The quantitative estimate of drug-likeness (QED) is 0.303. The molecule has 6 heteroatoms. The van der Waals surface area contributed by atoms with E-state index in [1.165, 1.54) is 11.1 Å². The largest absolute Gasteiger partial charge is 0.357 e. The van der Waals surface area contributed by atoms with Crippen LogP contribution < -0.4 is 16.0 Å². The van der Waals surface area contributed by atoms with E-state index in [4.69, 9.17) is 0 Å². The molecule has 0 aromatic heterocycles. The maximum absolute atomic E-state index is 11.7. The van der Waals surface area contributed by atoms with Crippen molar-refractivity contribution in [1.29, 1.82) is 0 Å². The van der Waals surface area contributed by atoms with Gasteiger partial charge in [-0.25, -0.2) is 4.99 Å². The van der Waals surface area contributed by atoms with Crippen LogP contribution in [0.15, 0.2) is 53.5 Å². The Morgan fingerprint density at radius 2 is 1.57 bits per heavy atom. The molecule has 0 heterocycles. The molecule has 0 bridgehead atoms. The number of hydrogen-bond donors (Lipinski definition) is 3. The zero-order valence-corrected chi connectivity index (χ0v) is 19.4. The van der Waals surface area contributed by atoms with Gasteiger partial charge < -0.3 is 16.0 Å². The summed E-state index contributed by atoms with van der Waals surface area (Å²) in [5, 5.41) is 9.52. The van der Waals surface area contributed by atoms with Crippen molar-refractivity contribution in [3.63, 3.8) is 0 Å². The minimum atomic E-state index is -0.0310. The third-order valence-corrected chi connectivity index (χ3v) is 4.09. The van der Waals surface area contributed by atoms with Crippen molar-refractivity contribution < 1.29 is 4.79 Å². The van der Waals surface area contributed by atoms with E-state index in [2.05, 4.69) is 59.1 Å². The maximum atomic E-state index is 11.7. The second-order valence-corrected chi connectivity index (χ2v) is 6.88. The Hall–Kier alpha value is -2.09. The molecule has 0 spiro atoms. The zero-order chi connectivity index (χ0) is 19.6. The molecule has 2 aromatic rings. The Labute approximate surface area is 185 Å². The molecule has 1 amide bonds. The summed E-state index contributed by atoms with van der Waals surface area (Å²) in [6.07, 6.45) is 0. The summed E-state index contributed by atoms with van der Waals surface area (Å²) in [6.45, 7) is 10.00. The molecule has 152 valence electrons. The smallest absolute Gasteiger partial charge is 0.226 e. The van der Waals surface area contributed by atoms with Crippen molar-refractivity contribution in [2.24, 2.45) is 10.9 Å². The van der Waals surface area contributed by atoms with Crippen LogP contribution in [0.4, 0.5) is 5.69 Å². The summed E-state index contributed by atoms with van der Waals surface area (Å²) in [6, 6.07) is 16.3. The number of nitrogens with zero attached hydrogens (tertiary/aromatic N) is 1. The first-order valence-electron chi connectivity index (χ1n) is 9.45. The fraction of sp³-hybridized carbons (Fsp3) is 0.364. The van der Waals surface area contributed by atoms with Crippen LogP contribution in [0.1, 0.15) is 37.5 Å². The molecular weight excluding hydrogens is 463 g/mol. The molecule has 0 aliphatic rings. The molecule has 2 rings (SSSR count). The number of benzene rings is 2. The molecule has 3 N–H and O–H groups in total. The van der Waals surface area contributed by atoms with Crippen molar-refractivity contribution >= 4 is 41.5 Å². The first-order chi connectivity index (χ1) is 13.0. The monoisotopic (exact) mass is 494 g/mol. The van der Waals surface area contributed by atoms with Crippen LogP contribution in [0, 0.1) is 12.8 Å². The molecule has 28 heavy (non-hydrogen) atoms. The second kappa shape index (κ2) is 12.4. The van der Waals surface area contributed by atoms with Crippen molar-refractivity contribution in [1.82, 2.24) is 10.6 Å². The number of nitrogens with one attached hydrogen (secondary N) is 3. The average Bonchev–Trinajstić information content (AvgIpc) is 2.66. The average molecular weight is 494 g/mol. The lowest BCUT2D eigenvalue weighted by Gasteiger charge is -2.12. The van der Waals surface area contributed by atoms with Crippen molar-refractivity contribution in [3.8, 4) is 0 Å². The highest BCUT2D eigenvalue weighted by molar-refractivity contribution is 14.0. The van der Waals surface area contributed by atoms with Gasteiger partial charge in [0.15, 0.2) is 5.96 Å². The molecule has 0 saturated heterocycles. The van der Waals surface area contributed by atoms with Crippen LogP contribution >= 0.6 is 24.0 Å². The molecule has 0 saturated carbocycles. The summed E-state index contributed by atoms with van der Waals surface area (Å²) in [7, 11) is 0. The first-order valence-corrected chi connectivity index (χ1v) is 9.45. The van der Waals surface area contributed by atoms with E-state index in [9.17, 15) is 4.79 Å². The minimum absolute atomic E-state index is 0. The molecule has 2 aromatic carbocycles. The highest BCUT2D eigenvalue weighted by Gasteiger charge is 2.06. The summed E-state index contributed by atoms with van der Waals surface area (Å²) < 4.78 is 0. The Morgan fingerprint density at radius 1 is 0.964 bits per heavy atom. The highest BCUT2D eigenvalue weighted by atomic mass is 127. The van der Waals surface area contributed by atoms with Gasteiger partial charge in [0, 0.05) is 24.7 Å². The SMILES string of the molecule is CCNC(=NCc1ccc(NC(=O)C(C)C)cc1)NCc1ccc(C)cc1.I. The summed E-state index contributed by atoms with van der Waals surface area (Å²) in [4.78, 5) is 16.4. The second-order valence-electron chi connectivity index (χ2n) is 6.88. The number of hydrogen-bond acceptors (Lipinski definition) is 2. The van der Waals surface area contributed by atoms with E-state index in [1.807, 2.05) is 38.1 Å². The molecule has 0 radical (unpaired) electrons. The number of rotatable bonds is 7. The molecule has 0 aliphatic heterocycles. The number of carbonyl (C=O) groups excluding carboxylic acids is 1. The third-order valence-electron chi connectivity index (χ3n) is 4.09. The molecular formula is C22H31IN4O. The van der Waals surface area contributed by atoms with Gasteiger partial charge in [0.1, 0.15) is 0 Å². The fourth-order valence-electron chi connectivity index (χ4n) is 2.38. The van der Waals surface area contributed by atoms with Gasteiger partial charge in [0.05, 0.1) is 6.54 Å². The van der Waals surface area contributed by atoms with E-state index < -0.39 is 0 Å². The Morgan fingerprint density at radius 3 is 2.14 bits per heavy atom. The van der Waals surface area contributed by atoms with Gasteiger partial charge in [0.25, 0.3) is 0 Å². The van der Waals surface area contributed by atoms with Crippen molar-refractivity contribution in [3.05, 3.63) is 65.2 Å². The number of aliphatic imine (C=N–C) groups is 1. The Bertz CT molecular complexity index is 755. The highest BCUT2D eigenvalue weighted by Crippen LogP contribution is 2.12. The van der Waals surface area contributed by atoms with Gasteiger partial charge in [-0.3, -0.25) is 4.79 Å². The lowest BCUT2D eigenvalue weighted by Crippen LogP contribution is -2.36. The van der Waals surface area contributed by atoms with Gasteiger partial charge in [-0.2, -0.15) is 0 Å². The fourth-order valence-corrected chi connectivity index (χ4v) is 2.38. The molecule has 0 unspecified atom stereocenters.